The van der Waals surface area contributed by atoms with Gasteiger partial charge in [0.25, 0.3) is 5.91 Å². The maximum atomic E-state index is 14.6. The predicted octanol–water partition coefficient (Wildman–Crippen LogP) is 6.50. The molecule has 1 amide bonds. The van der Waals surface area contributed by atoms with Crippen molar-refractivity contribution >= 4 is 46.5 Å². The number of nitrogens with one attached hydrogen (secondary N) is 1. The van der Waals surface area contributed by atoms with E-state index >= 15 is 0 Å². The molecule has 2 aromatic heterocycles. The first-order valence-corrected chi connectivity index (χ1v) is 14.1. The highest BCUT2D eigenvalue weighted by Crippen LogP contribution is 2.46. The molecular weight excluding hydrogens is 613 g/mol. The van der Waals surface area contributed by atoms with Gasteiger partial charge in [0.05, 0.1) is 39.3 Å². The summed E-state index contributed by atoms with van der Waals surface area (Å²) in [6.07, 6.45) is 3.17. The summed E-state index contributed by atoms with van der Waals surface area (Å²) in [5.41, 5.74) is 0.582. The minimum atomic E-state index is -1.35. The first kappa shape index (κ1) is 28.7. The number of amides is 1. The van der Waals surface area contributed by atoms with Crippen LogP contribution in [-0.2, 0) is 12.2 Å². The van der Waals surface area contributed by atoms with E-state index in [1.54, 1.807) is 23.1 Å². The van der Waals surface area contributed by atoms with Crippen LogP contribution in [0.15, 0.2) is 47.1 Å². The molecule has 0 radical (unpaired) electrons. The number of carbonyl (C=O) groups is 1. The number of ether oxygens (including phenoxy) is 1. The second-order valence-electron chi connectivity index (χ2n) is 10.3. The third-order valence-corrected chi connectivity index (χ3v) is 8.26. The van der Waals surface area contributed by atoms with E-state index in [0.29, 0.717) is 33.9 Å². The highest BCUT2D eigenvalue weighted by Gasteiger charge is 2.45. The number of β-amino-alcohol motifs (C(OH)–C–C–N with tert-alkyl or cyclic N) is 1. The minimum absolute atomic E-state index is 0.0285. The summed E-state index contributed by atoms with van der Waals surface area (Å²) < 4.78 is 40.1. The molecule has 1 aliphatic carbocycles. The molecule has 2 N–H and O–H groups in total. The van der Waals surface area contributed by atoms with E-state index in [0.717, 1.165) is 31.0 Å². The number of aromatic nitrogens is 2. The Balaban J connectivity index is 1.18. The van der Waals surface area contributed by atoms with Crippen molar-refractivity contribution in [1.29, 1.82) is 0 Å². The smallest absolute Gasteiger partial charge is 0.252 e. The molecule has 1 saturated heterocycles. The minimum Gasteiger partial charge on any atom is -0.489 e. The van der Waals surface area contributed by atoms with Crippen LogP contribution >= 0.6 is 34.8 Å². The number of nitrogens with zero attached hydrogens (tertiary/aromatic N) is 3. The van der Waals surface area contributed by atoms with E-state index < -0.39 is 23.1 Å². The van der Waals surface area contributed by atoms with E-state index in [1.807, 2.05) is 0 Å². The van der Waals surface area contributed by atoms with Gasteiger partial charge in [-0.25, -0.2) is 13.8 Å². The number of benzene rings is 2. The zero-order chi connectivity index (χ0) is 29.8. The second kappa shape index (κ2) is 11.0. The first-order chi connectivity index (χ1) is 20.1. The van der Waals surface area contributed by atoms with Crippen molar-refractivity contribution in [2.75, 3.05) is 25.0 Å². The third kappa shape index (κ3) is 5.28. The fourth-order valence-corrected chi connectivity index (χ4v) is 6.03. The van der Waals surface area contributed by atoms with E-state index in [4.69, 9.17) is 44.1 Å². The van der Waals surface area contributed by atoms with Crippen LogP contribution in [0.4, 0.5) is 14.6 Å². The number of halogens is 5. The van der Waals surface area contributed by atoms with Crippen LogP contribution in [0.25, 0.3) is 11.3 Å². The summed E-state index contributed by atoms with van der Waals surface area (Å²) in [7, 11) is 1.45. The Labute approximate surface area is 254 Å². The van der Waals surface area contributed by atoms with E-state index in [9.17, 15) is 18.7 Å². The summed E-state index contributed by atoms with van der Waals surface area (Å²) in [4.78, 5) is 17.4. The van der Waals surface area contributed by atoms with E-state index in [2.05, 4.69) is 15.5 Å². The van der Waals surface area contributed by atoms with Gasteiger partial charge in [0.1, 0.15) is 35.2 Å². The molecule has 3 heterocycles. The Hall–Kier alpha value is -3.44. The molecule has 6 rings (SSSR count). The Bertz CT molecular complexity index is 1680. The van der Waals surface area contributed by atoms with Gasteiger partial charge in [0, 0.05) is 30.3 Å². The van der Waals surface area contributed by atoms with Gasteiger partial charge in [-0.05, 0) is 43.2 Å². The average molecular weight is 636 g/mol. The number of hydrogen-bond acceptors (Lipinski definition) is 7. The molecule has 1 saturated carbocycles. The largest absolute Gasteiger partial charge is 0.489 e. The Kier molecular flexibility index (Phi) is 7.51. The van der Waals surface area contributed by atoms with Crippen LogP contribution in [0.3, 0.4) is 0 Å². The van der Waals surface area contributed by atoms with E-state index in [-0.39, 0.29) is 52.1 Å². The van der Waals surface area contributed by atoms with E-state index in [1.165, 1.54) is 13.2 Å². The lowest BCUT2D eigenvalue weighted by molar-refractivity contribution is 0.00671. The Morgan fingerprint density at radius 1 is 1.14 bits per heavy atom. The topological polar surface area (TPSA) is 101 Å². The summed E-state index contributed by atoms with van der Waals surface area (Å²) >= 11 is 19.2. The first-order valence-electron chi connectivity index (χ1n) is 13.0. The van der Waals surface area contributed by atoms with Crippen molar-refractivity contribution in [3.8, 4) is 17.0 Å². The normalized spacial score (nSPS) is 15.8. The van der Waals surface area contributed by atoms with Gasteiger partial charge in [-0.15, -0.1) is 0 Å². The predicted molar refractivity (Wildman–Crippen MR) is 153 cm³/mol. The molecule has 4 aromatic rings. The van der Waals surface area contributed by atoms with Crippen molar-refractivity contribution < 1.29 is 27.9 Å². The summed E-state index contributed by atoms with van der Waals surface area (Å²) in [5, 5.41) is 18.3. The molecule has 13 heteroatoms. The SMILES string of the molecule is CNC(=O)c1cnc(N2CC(O)(c3ccc(OCc4c(-c5c(Cl)cc(F)cc5Cl)noc4C4CC4)cc3Cl)C2)c(F)c1. The molecule has 8 nitrogen and oxygen atoms in total. The van der Waals surface area contributed by atoms with Crippen molar-refractivity contribution in [3.05, 3.63) is 91.7 Å². The van der Waals surface area contributed by atoms with Crippen LogP contribution < -0.4 is 15.0 Å². The lowest BCUT2D eigenvalue weighted by Crippen LogP contribution is -2.60. The van der Waals surface area contributed by atoms with Gasteiger partial charge in [-0.3, -0.25) is 4.79 Å². The Morgan fingerprint density at radius 2 is 1.86 bits per heavy atom. The van der Waals surface area contributed by atoms with Gasteiger partial charge in [-0.1, -0.05) is 46.0 Å². The quantitative estimate of drug-likeness (QED) is 0.228. The van der Waals surface area contributed by atoms with Crippen molar-refractivity contribution in [2.45, 2.75) is 31.0 Å². The second-order valence-corrected chi connectivity index (χ2v) is 11.5. The molecule has 218 valence electrons. The summed E-state index contributed by atoms with van der Waals surface area (Å²) in [5.74, 6) is -0.374. The van der Waals surface area contributed by atoms with Crippen LogP contribution in [0.5, 0.6) is 5.75 Å². The van der Waals surface area contributed by atoms with Crippen molar-refractivity contribution in [1.82, 2.24) is 15.5 Å². The molecule has 2 aliphatic rings. The lowest BCUT2D eigenvalue weighted by Gasteiger charge is -2.47. The average Bonchev–Trinajstić information content (AvgIpc) is 3.69. The Morgan fingerprint density at radius 3 is 2.48 bits per heavy atom. The zero-order valence-electron chi connectivity index (χ0n) is 22.1. The van der Waals surface area contributed by atoms with Crippen LogP contribution in [0.1, 0.15) is 46.0 Å². The monoisotopic (exact) mass is 634 g/mol. The molecule has 0 bridgehead atoms. The molecular formula is C29H23Cl3F2N4O4. The van der Waals surface area contributed by atoms with Gasteiger partial charge in [0.2, 0.25) is 0 Å². The highest BCUT2D eigenvalue weighted by atomic mass is 35.5. The zero-order valence-corrected chi connectivity index (χ0v) is 24.3. The van der Waals surface area contributed by atoms with Crippen LogP contribution in [-0.4, -0.2) is 41.3 Å². The lowest BCUT2D eigenvalue weighted by atomic mass is 9.86. The molecule has 2 aromatic carbocycles. The van der Waals surface area contributed by atoms with Gasteiger partial charge >= 0.3 is 0 Å². The van der Waals surface area contributed by atoms with Gasteiger partial charge in [0.15, 0.2) is 11.6 Å². The number of aliphatic hydroxyl groups is 1. The van der Waals surface area contributed by atoms with Crippen LogP contribution in [0, 0.1) is 11.6 Å². The summed E-state index contributed by atoms with van der Waals surface area (Å²) in [6, 6.07) is 8.32. The number of rotatable bonds is 8. The fourth-order valence-electron chi connectivity index (χ4n) is 5.05. The standard InChI is InChI=1S/C29H23Cl3F2N4O4/c1-35-28(39)15-6-23(34)27(36-10-15)38-12-29(40,13-38)19-5-4-17(9-20(19)30)41-11-18-25(37-42-26(18)14-2-3-14)24-21(31)7-16(33)8-22(24)32/h4-10,14,40H,2-3,11-13H2,1H3,(H,35,39). The molecule has 42 heavy (non-hydrogen) atoms. The number of pyridine rings is 1. The molecule has 1 aliphatic heterocycles. The fraction of sp³-hybridized carbons (Fsp3) is 0.276. The van der Waals surface area contributed by atoms with Gasteiger partial charge < -0.3 is 24.6 Å². The molecule has 0 atom stereocenters. The number of carbonyl (C=O) groups excluding carboxylic acids is 1. The highest BCUT2D eigenvalue weighted by molar-refractivity contribution is 6.39. The van der Waals surface area contributed by atoms with Crippen LogP contribution in [0.2, 0.25) is 15.1 Å². The van der Waals surface area contributed by atoms with Crippen molar-refractivity contribution in [3.63, 3.8) is 0 Å². The molecule has 0 spiro atoms. The van der Waals surface area contributed by atoms with Crippen molar-refractivity contribution in [2.24, 2.45) is 0 Å². The maximum Gasteiger partial charge on any atom is 0.252 e. The number of anilines is 1. The molecule has 0 unspecified atom stereocenters. The maximum absolute atomic E-state index is 14.6. The molecule has 2 fully saturated rings. The van der Waals surface area contributed by atoms with Gasteiger partial charge in [-0.2, -0.15) is 0 Å². The summed E-state index contributed by atoms with van der Waals surface area (Å²) in [6.45, 7) is 0.147. The third-order valence-electron chi connectivity index (χ3n) is 7.35. The number of hydrogen-bond donors (Lipinski definition) is 2.